The van der Waals surface area contributed by atoms with Gasteiger partial charge in [0.15, 0.2) is 0 Å². The molecule has 0 spiro atoms. The molecule has 0 atom stereocenters. The van der Waals surface area contributed by atoms with Gasteiger partial charge in [-0.05, 0) is 12.8 Å². The molecule has 8 heteroatoms. The number of hydrogen-bond acceptors (Lipinski definition) is 6. The van der Waals surface area contributed by atoms with Gasteiger partial charge in [0.1, 0.15) is 5.82 Å². The number of ether oxygens (including phenoxy) is 1. The third-order valence-electron chi connectivity index (χ3n) is 2.74. The second kappa shape index (κ2) is 5.17. The Balaban J connectivity index is 1.58. The summed E-state index contributed by atoms with van der Waals surface area (Å²) in [7, 11) is 0. The molecule has 2 fully saturated rings. The zero-order chi connectivity index (χ0) is 12.4. The predicted molar refractivity (Wildman–Crippen MR) is 64.4 cm³/mol. The summed E-state index contributed by atoms with van der Waals surface area (Å²) in [6.45, 7) is 1.79. The number of rotatable bonds is 2. The molecule has 0 unspecified atom stereocenters. The number of nitrogens with one attached hydrogen (secondary N) is 1. The standard InChI is InChI=1S/C10H14N4O3S/c15-10(14-3-4-16-5-6-17-14)12-9-11-8(13-18-9)7-1-2-7/h7H,1-6H2,(H,11,12,13,15). The van der Waals surface area contributed by atoms with Crippen LogP contribution < -0.4 is 5.32 Å². The molecular formula is C10H14N4O3S. The first-order valence-corrected chi connectivity index (χ1v) is 6.73. The lowest BCUT2D eigenvalue weighted by Gasteiger charge is -2.17. The number of amides is 2. The summed E-state index contributed by atoms with van der Waals surface area (Å²) >= 11 is 1.21. The fraction of sp³-hybridized carbons (Fsp3) is 0.700. The van der Waals surface area contributed by atoms with Gasteiger partial charge in [-0.1, -0.05) is 0 Å². The SMILES string of the molecule is O=C(Nc1nc(C2CC2)ns1)N1CCOCCO1. The maximum Gasteiger partial charge on any atom is 0.347 e. The second-order valence-corrected chi connectivity index (χ2v) is 4.96. The van der Waals surface area contributed by atoms with Crippen LogP contribution in [0.3, 0.4) is 0 Å². The van der Waals surface area contributed by atoms with Crippen molar-refractivity contribution in [3.63, 3.8) is 0 Å². The number of aromatic nitrogens is 2. The van der Waals surface area contributed by atoms with E-state index in [1.807, 2.05) is 0 Å². The zero-order valence-corrected chi connectivity index (χ0v) is 10.6. The van der Waals surface area contributed by atoms with Crippen LogP contribution in [0.4, 0.5) is 9.93 Å². The fourth-order valence-corrected chi connectivity index (χ4v) is 2.26. The normalized spacial score (nSPS) is 20.6. The van der Waals surface area contributed by atoms with Crippen molar-refractivity contribution in [3.05, 3.63) is 5.82 Å². The molecule has 3 rings (SSSR count). The molecule has 2 aliphatic rings. The highest BCUT2D eigenvalue weighted by molar-refractivity contribution is 7.09. The first kappa shape index (κ1) is 11.8. The van der Waals surface area contributed by atoms with E-state index in [9.17, 15) is 4.79 Å². The lowest BCUT2D eigenvalue weighted by molar-refractivity contribution is -0.101. The average molecular weight is 270 g/mol. The lowest BCUT2D eigenvalue weighted by atomic mass is 10.4. The van der Waals surface area contributed by atoms with E-state index in [4.69, 9.17) is 9.57 Å². The molecule has 1 saturated heterocycles. The number of carbonyl (C=O) groups excluding carboxylic acids is 1. The summed E-state index contributed by atoms with van der Waals surface area (Å²) < 4.78 is 9.42. The Morgan fingerprint density at radius 3 is 3.11 bits per heavy atom. The summed E-state index contributed by atoms with van der Waals surface area (Å²) in [6, 6.07) is -0.320. The van der Waals surface area contributed by atoms with Gasteiger partial charge in [-0.3, -0.25) is 10.2 Å². The van der Waals surface area contributed by atoms with Gasteiger partial charge in [0, 0.05) is 17.5 Å². The van der Waals surface area contributed by atoms with Crippen molar-refractivity contribution < 1.29 is 14.4 Å². The molecule has 98 valence electrons. The molecule has 1 saturated carbocycles. The Bertz CT molecular complexity index is 427. The first-order chi connectivity index (χ1) is 8.83. The van der Waals surface area contributed by atoms with Gasteiger partial charge in [0.2, 0.25) is 5.13 Å². The van der Waals surface area contributed by atoms with E-state index in [1.54, 1.807) is 0 Å². The molecule has 1 aromatic heterocycles. The van der Waals surface area contributed by atoms with Gasteiger partial charge < -0.3 is 4.74 Å². The number of anilines is 1. The Kier molecular flexibility index (Phi) is 3.39. The maximum absolute atomic E-state index is 11.9. The van der Waals surface area contributed by atoms with Crippen LogP contribution >= 0.6 is 11.5 Å². The first-order valence-electron chi connectivity index (χ1n) is 5.96. The minimum absolute atomic E-state index is 0.320. The van der Waals surface area contributed by atoms with Crippen LogP contribution in [-0.4, -0.2) is 46.8 Å². The minimum Gasteiger partial charge on any atom is -0.377 e. The molecule has 1 N–H and O–H groups in total. The van der Waals surface area contributed by atoms with Crippen molar-refractivity contribution in [2.24, 2.45) is 0 Å². The average Bonchev–Trinajstić information content (AvgIpc) is 3.16. The summed E-state index contributed by atoms with van der Waals surface area (Å²) in [5, 5.41) is 4.49. The Morgan fingerprint density at radius 2 is 2.28 bits per heavy atom. The second-order valence-electron chi connectivity index (χ2n) is 4.21. The zero-order valence-electron chi connectivity index (χ0n) is 9.79. The van der Waals surface area contributed by atoms with Gasteiger partial charge in [0.05, 0.1) is 26.4 Å². The predicted octanol–water partition coefficient (Wildman–Crippen LogP) is 1.21. The Hall–Kier alpha value is -1.25. The van der Waals surface area contributed by atoms with Crippen LogP contribution in [0.25, 0.3) is 0 Å². The summed E-state index contributed by atoms with van der Waals surface area (Å²) in [6.07, 6.45) is 2.30. The van der Waals surface area contributed by atoms with Crippen LogP contribution in [0.5, 0.6) is 0 Å². The summed E-state index contributed by atoms with van der Waals surface area (Å²) in [5.74, 6) is 1.34. The monoisotopic (exact) mass is 270 g/mol. The van der Waals surface area contributed by atoms with Crippen LogP contribution in [-0.2, 0) is 9.57 Å². The highest BCUT2D eigenvalue weighted by Crippen LogP contribution is 2.39. The molecule has 0 radical (unpaired) electrons. The van der Waals surface area contributed by atoms with E-state index in [2.05, 4.69) is 14.7 Å². The highest BCUT2D eigenvalue weighted by atomic mass is 32.1. The van der Waals surface area contributed by atoms with Crippen molar-refractivity contribution in [2.45, 2.75) is 18.8 Å². The van der Waals surface area contributed by atoms with Crippen molar-refractivity contribution in [1.29, 1.82) is 0 Å². The summed E-state index contributed by atoms with van der Waals surface area (Å²) in [4.78, 5) is 21.4. The van der Waals surface area contributed by atoms with E-state index < -0.39 is 0 Å². The highest BCUT2D eigenvalue weighted by Gasteiger charge is 2.28. The quantitative estimate of drug-likeness (QED) is 0.874. The third kappa shape index (κ3) is 2.77. The third-order valence-corrected chi connectivity index (χ3v) is 3.38. The number of hydroxylamine groups is 2. The van der Waals surface area contributed by atoms with E-state index in [-0.39, 0.29) is 6.03 Å². The van der Waals surface area contributed by atoms with Crippen molar-refractivity contribution in [1.82, 2.24) is 14.4 Å². The number of urea groups is 1. The molecule has 0 bridgehead atoms. The van der Waals surface area contributed by atoms with Crippen molar-refractivity contribution in [2.75, 3.05) is 31.7 Å². The van der Waals surface area contributed by atoms with Crippen molar-refractivity contribution >= 4 is 22.7 Å². The van der Waals surface area contributed by atoms with Gasteiger partial charge in [0.25, 0.3) is 0 Å². The molecule has 1 aromatic rings. The number of carbonyl (C=O) groups is 1. The van der Waals surface area contributed by atoms with E-state index in [0.717, 1.165) is 18.7 Å². The smallest absolute Gasteiger partial charge is 0.347 e. The largest absolute Gasteiger partial charge is 0.377 e. The molecule has 2 amide bonds. The Morgan fingerprint density at radius 1 is 1.39 bits per heavy atom. The number of nitrogens with zero attached hydrogens (tertiary/aromatic N) is 3. The van der Waals surface area contributed by atoms with Gasteiger partial charge >= 0.3 is 6.03 Å². The molecule has 7 nitrogen and oxygen atoms in total. The van der Waals surface area contributed by atoms with Gasteiger partial charge in [-0.15, -0.1) is 0 Å². The molecule has 1 aliphatic heterocycles. The van der Waals surface area contributed by atoms with E-state index in [1.165, 1.54) is 16.6 Å². The summed E-state index contributed by atoms with van der Waals surface area (Å²) in [5.41, 5.74) is 0. The molecule has 0 aromatic carbocycles. The number of hydrogen-bond donors (Lipinski definition) is 1. The van der Waals surface area contributed by atoms with Gasteiger partial charge in [-0.2, -0.15) is 4.37 Å². The Labute approximate surface area is 108 Å². The molecule has 2 heterocycles. The van der Waals surface area contributed by atoms with Crippen LogP contribution in [0.15, 0.2) is 0 Å². The molecular weight excluding hydrogens is 256 g/mol. The van der Waals surface area contributed by atoms with E-state index >= 15 is 0 Å². The topological polar surface area (TPSA) is 76.6 Å². The minimum atomic E-state index is -0.320. The van der Waals surface area contributed by atoms with Crippen LogP contribution in [0, 0.1) is 0 Å². The maximum atomic E-state index is 11.9. The van der Waals surface area contributed by atoms with Gasteiger partial charge in [-0.25, -0.2) is 14.8 Å². The van der Waals surface area contributed by atoms with Crippen LogP contribution in [0.2, 0.25) is 0 Å². The van der Waals surface area contributed by atoms with E-state index in [0.29, 0.717) is 37.4 Å². The van der Waals surface area contributed by atoms with Crippen molar-refractivity contribution in [3.8, 4) is 0 Å². The van der Waals surface area contributed by atoms with Crippen LogP contribution in [0.1, 0.15) is 24.6 Å². The molecule has 1 aliphatic carbocycles. The lowest BCUT2D eigenvalue weighted by Crippen LogP contribution is -2.36. The fourth-order valence-electron chi connectivity index (χ4n) is 1.63. The molecule has 18 heavy (non-hydrogen) atoms.